The summed E-state index contributed by atoms with van der Waals surface area (Å²) >= 11 is 7.50. The Kier molecular flexibility index (Phi) is 4.47. The van der Waals surface area contributed by atoms with E-state index >= 15 is 0 Å². The molecule has 0 saturated carbocycles. The Bertz CT molecular complexity index is 830. The van der Waals surface area contributed by atoms with E-state index in [1.165, 1.54) is 11.3 Å². The highest BCUT2D eigenvalue weighted by Crippen LogP contribution is 2.30. The largest absolute Gasteiger partial charge is 0.363 e. The fourth-order valence-corrected chi connectivity index (χ4v) is 3.17. The number of nitrogens with one attached hydrogen (secondary N) is 1. The Labute approximate surface area is 141 Å². The van der Waals surface area contributed by atoms with Gasteiger partial charge < -0.3 is 15.6 Å². The van der Waals surface area contributed by atoms with Crippen molar-refractivity contribution in [3.63, 3.8) is 0 Å². The average Bonchev–Trinajstić information content (AvgIpc) is 3.08. The zero-order valence-corrected chi connectivity index (χ0v) is 14.2. The average molecular weight is 355 g/mol. The van der Waals surface area contributed by atoms with Gasteiger partial charge in [-0.15, -0.1) is 11.3 Å². The van der Waals surface area contributed by atoms with Crippen LogP contribution in [0.5, 0.6) is 0 Å². The summed E-state index contributed by atoms with van der Waals surface area (Å²) in [4.78, 5) is 12.5. The lowest BCUT2D eigenvalue weighted by Crippen LogP contribution is -2.20. The van der Waals surface area contributed by atoms with E-state index in [0.717, 1.165) is 5.01 Å². The first kappa shape index (κ1) is 16.1. The second kappa shape index (κ2) is 6.38. The Morgan fingerprint density at radius 2 is 2.26 bits per heavy atom. The van der Waals surface area contributed by atoms with Crippen molar-refractivity contribution in [1.29, 1.82) is 0 Å². The summed E-state index contributed by atoms with van der Waals surface area (Å²) < 4.78 is 16.5. The highest BCUT2D eigenvalue weighted by molar-refractivity contribution is 7.09. The Balaban J connectivity index is 2.06. The molecule has 0 aliphatic carbocycles. The van der Waals surface area contributed by atoms with Crippen LogP contribution in [0.4, 0.5) is 10.2 Å². The lowest BCUT2D eigenvalue weighted by Gasteiger charge is -2.06. The molecule has 0 fully saturated rings. The monoisotopic (exact) mass is 354 g/mol. The number of hydrogen-bond acceptors (Lipinski definition) is 6. The second-order valence-electron chi connectivity index (χ2n) is 5.32. The van der Waals surface area contributed by atoms with Gasteiger partial charge in [-0.2, -0.15) is 9.97 Å². The van der Waals surface area contributed by atoms with E-state index in [-0.39, 0.29) is 17.1 Å². The fourth-order valence-electron chi connectivity index (χ4n) is 2.45. The molecule has 0 saturated heterocycles. The van der Waals surface area contributed by atoms with Crippen LogP contribution in [0.1, 0.15) is 17.6 Å². The third-order valence-corrected chi connectivity index (χ3v) is 4.41. The molecule has 0 bridgehead atoms. The molecule has 0 aliphatic rings. The molecule has 0 spiro atoms. The molecule has 0 amide bonds. The number of anilines is 1. The van der Waals surface area contributed by atoms with E-state index in [9.17, 15) is 4.39 Å². The van der Waals surface area contributed by atoms with Gasteiger partial charge in [0.2, 0.25) is 5.28 Å². The normalized spacial score (nSPS) is 12.7. The molecule has 1 unspecified atom stereocenters. The van der Waals surface area contributed by atoms with Gasteiger partial charge in [-0.3, -0.25) is 0 Å². The molecule has 0 aromatic carbocycles. The van der Waals surface area contributed by atoms with E-state index in [0.29, 0.717) is 35.5 Å². The summed E-state index contributed by atoms with van der Waals surface area (Å²) in [5.41, 5.74) is 6.74. The van der Waals surface area contributed by atoms with Crippen LogP contribution in [0.2, 0.25) is 5.28 Å². The molecule has 3 aromatic rings. The number of rotatable bonds is 5. The van der Waals surface area contributed by atoms with E-state index < -0.39 is 0 Å². The van der Waals surface area contributed by atoms with Crippen LogP contribution in [-0.4, -0.2) is 25.6 Å². The van der Waals surface area contributed by atoms with Crippen LogP contribution in [0.15, 0.2) is 11.6 Å². The smallest absolute Gasteiger partial charge is 0.226 e. The molecular weight excluding hydrogens is 339 g/mol. The summed E-state index contributed by atoms with van der Waals surface area (Å²) in [6, 6.07) is -0.164. The van der Waals surface area contributed by atoms with Crippen LogP contribution in [-0.2, 0) is 20.0 Å². The van der Waals surface area contributed by atoms with Crippen molar-refractivity contribution in [2.75, 3.05) is 5.32 Å². The zero-order chi connectivity index (χ0) is 16.6. The molecule has 3 heterocycles. The van der Waals surface area contributed by atoms with Crippen molar-refractivity contribution in [3.8, 4) is 0 Å². The zero-order valence-electron chi connectivity index (χ0n) is 12.7. The molecule has 9 heteroatoms. The van der Waals surface area contributed by atoms with Crippen molar-refractivity contribution in [2.24, 2.45) is 12.8 Å². The Hall–Kier alpha value is -1.77. The first-order valence-electron chi connectivity index (χ1n) is 7.05. The van der Waals surface area contributed by atoms with Crippen molar-refractivity contribution in [3.05, 3.63) is 33.4 Å². The standard InChI is InChI=1S/C14H16ClFN6S/c1-7(17)5-8-11(16)10-12(19-6-9-18-3-4-23-9)20-14(15)21-13(10)22(8)2/h3-4,7H,5-6,17H2,1-2H3,(H,19,20,21). The summed E-state index contributed by atoms with van der Waals surface area (Å²) in [6.07, 6.45) is 2.12. The number of aryl methyl sites for hydroxylation is 1. The fraction of sp³-hybridized carbons (Fsp3) is 0.357. The summed E-state index contributed by atoms with van der Waals surface area (Å²) in [7, 11) is 1.75. The number of halogens is 2. The molecule has 23 heavy (non-hydrogen) atoms. The summed E-state index contributed by atoms with van der Waals surface area (Å²) in [6.45, 7) is 2.27. The lowest BCUT2D eigenvalue weighted by atomic mass is 10.2. The third-order valence-electron chi connectivity index (χ3n) is 3.46. The van der Waals surface area contributed by atoms with Gasteiger partial charge >= 0.3 is 0 Å². The minimum absolute atomic E-state index is 0.0621. The first-order chi connectivity index (χ1) is 11.0. The number of thiazole rings is 1. The van der Waals surface area contributed by atoms with Gasteiger partial charge in [0, 0.05) is 31.1 Å². The van der Waals surface area contributed by atoms with Crippen LogP contribution in [0.3, 0.4) is 0 Å². The Morgan fingerprint density at radius 3 is 2.91 bits per heavy atom. The summed E-state index contributed by atoms with van der Waals surface area (Å²) in [5.74, 6) is -0.00247. The molecule has 0 aliphatic heterocycles. The van der Waals surface area contributed by atoms with Gasteiger partial charge in [0.1, 0.15) is 16.5 Å². The SMILES string of the molecule is CC(N)Cc1c(F)c2c(NCc3nccs3)nc(Cl)nc2n1C. The summed E-state index contributed by atoms with van der Waals surface area (Å²) in [5, 5.41) is 6.23. The van der Waals surface area contributed by atoms with Gasteiger partial charge in [-0.1, -0.05) is 0 Å². The van der Waals surface area contributed by atoms with Crippen LogP contribution < -0.4 is 11.1 Å². The molecule has 3 aromatic heterocycles. The van der Waals surface area contributed by atoms with Gasteiger partial charge in [0.05, 0.1) is 17.6 Å². The number of nitrogens with two attached hydrogens (primary N) is 1. The second-order valence-corrected chi connectivity index (χ2v) is 6.64. The highest BCUT2D eigenvalue weighted by Gasteiger charge is 2.22. The maximum atomic E-state index is 14.9. The van der Waals surface area contributed by atoms with Crippen molar-refractivity contribution >= 4 is 39.8 Å². The highest BCUT2D eigenvalue weighted by atomic mass is 35.5. The molecule has 6 nitrogen and oxygen atoms in total. The number of nitrogens with zero attached hydrogens (tertiary/aromatic N) is 4. The van der Waals surface area contributed by atoms with E-state index in [4.69, 9.17) is 17.3 Å². The third kappa shape index (κ3) is 3.15. The van der Waals surface area contributed by atoms with Crippen LogP contribution in [0, 0.1) is 5.82 Å². The first-order valence-corrected chi connectivity index (χ1v) is 8.31. The number of hydrogen-bond donors (Lipinski definition) is 2. The van der Waals surface area contributed by atoms with Crippen molar-refractivity contribution in [1.82, 2.24) is 19.5 Å². The lowest BCUT2D eigenvalue weighted by molar-refractivity contribution is 0.586. The number of fused-ring (bicyclic) bond motifs is 1. The van der Waals surface area contributed by atoms with Gasteiger partial charge in [0.15, 0.2) is 5.82 Å². The van der Waals surface area contributed by atoms with E-state index in [1.807, 2.05) is 12.3 Å². The maximum absolute atomic E-state index is 14.9. The van der Waals surface area contributed by atoms with Crippen LogP contribution in [0.25, 0.3) is 11.0 Å². The molecule has 0 radical (unpaired) electrons. The van der Waals surface area contributed by atoms with Crippen LogP contribution >= 0.6 is 22.9 Å². The quantitative estimate of drug-likeness (QED) is 0.688. The van der Waals surface area contributed by atoms with Gasteiger partial charge in [0.25, 0.3) is 0 Å². The topological polar surface area (TPSA) is 81.7 Å². The van der Waals surface area contributed by atoms with Crippen molar-refractivity contribution < 1.29 is 4.39 Å². The number of aromatic nitrogens is 4. The molecule has 122 valence electrons. The predicted molar refractivity (Wildman–Crippen MR) is 90.3 cm³/mol. The minimum atomic E-state index is -0.363. The molecule has 1 atom stereocenters. The van der Waals surface area contributed by atoms with Gasteiger partial charge in [-0.05, 0) is 18.5 Å². The maximum Gasteiger partial charge on any atom is 0.226 e. The van der Waals surface area contributed by atoms with Gasteiger partial charge in [-0.25, -0.2) is 9.37 Å². The van der Waals surface area contributed by atoms with Crippen molar-refractivity contribution in [2.45, 2.75) is 25.9 Å². The van der Waals surface area contributed by atoms with E-state index in [1.54, 1.807) is 17.8 Å². The molecular formula is C14H16ClFN6S. The Morgan fingerprint density at radius 1 is 1.48 bits per heavy atom. The predicted octanol–water partition coefficient (Wildman–Crippen LogP) is 2.72. The van der Waals surface area contributed by atoms with E-state index in [2.05, 4.69) is 20.3 Å². The molecule has 3 rings (SSSR count). The molecule has 3 N–H and O–H groups in total. The minimum Gasteiger partial charge on any atom is -0.363 e.